The molecule has 0 aliphatic rings. The van der Waals surface area contributed by atoms with Crippen molar-refractivity contribution in [3.05, 3.63) is 59.9 Å². The fourth-order valence-electron chi connectivity index (χ4n) is 2.48. The van der Waals surface area contributed by atoms with Crippen molar-refractivity contribution in [1.82, 2.24) is 9.55 Å². The summed E-state index contributed by atoms with van der Waals surface area (Å²) in [6, 6.07) is 14.0. The van der Waals surface area contributed by atoms with Gasteiger partial charge < -0.3 is 14.4 Å². The van der Waals surface area contributed by atoms with Crippen LogP contribution in [0.1, 0.15) is 11.1 Å². The van der Waals surface area contributed by atoms with Gasteiger partial charge in [-0.2, -0.15) is 0 Å². The maximum atomic E-state index is 10.2. The molecule has 1 N–H and O–H groups in total. The van der Waals surface area contributed by atoms with Crippen LogP contribution in [-0.4, -0.2) is 27.4 Å². The van der Waals surface area contributed by atoms with Crippen LogP contribution in [0.5, 0.6) is 5.75 Å². The number of ether oxygens (including phenoxy) is 1. The normalized spacial score (nSPS) is 12.5. The number of aryl methyl sites for hydroxylation is 2. The summed E-state index contributed by atoms with van der Waals surface area (Å²) in [6.07, 6.45) is 1.17. The first-order chi connectivity index (χ1) is 10.6. The van der Waals surface area contributed by atoms with Gasteiger partial charge in [0.05, 0.1) is 23.9 Å². The lowest BCUT2D eigenvalue weighted by molar-refractivity contribution is 0.0931. The van der Waals surface area contributed by atoms with Gasteiger partial charge in [-0.25, -0.2) is 4.98 Å². The van der Waals surface area contributed by atoms with Crippen LogP contribution >= 0.6 is 0 Å². The van der Waals surface area contributed by atoms with E-state index in [9.17, 15) is 5.11 Å². The van der Waals surface area contributed by atoms with Crippen molar-refractivity contribution in [3.63, 3.8) is 0 Å². The molecule has 4 heteroatoms. The van der Waals surface area contributed by atoms with Gasteiger partial charge in [0, 0.05) is 0 Å². The van der Waals surface area contributed by atoms with Crippen molar-refractivity contribution < 1.29 is 9.84 Å². The highest BCUT2D eigenvalue weighted by Gasteiger charge is 2.10. The van der Waals surface area contributed by atoms with Crippen LogP contribution in [0.2, 0.25) is 0 Å². The second-order valence-electron chi connectivity index (χ2n) is 5.62. The van der Waals surface area contributed by atoms with Gasteiger partial charge in [-0.1, -0.05) is 24.3 Å². The summed E-state index contributed by atoms with van der Waals surface area (Å²) in [6.45, 7) is 4.76. The van der Waals surface area contributed by atoms with Gasteiger partial charge in [-0.15, -0.1) is 0 Å². The summed E-state index contributed by atoms with van der Waals surface area (Å²) in [7, 11) is 0. The van der Waals surface area contributed by atoms with Gasteiger partial charge in [-0.3, -0.25) is 0 Å². The van der Waals surface area contributed by atoms with E-state index < -0.39 is 6.10 Å². The molecular weight excluding hydrogens is 276 g/mol. The highest BCUT2D eigenvalue weighted by molar-refractivity contribution is 5.74. The number of aliphatic hydroxyl groups is 1. The van der Waals surface area contributed by atoms with Crippen molar-refractivity contribution in [3.8, 4) is 5.75 Å². The Kier molecular flexibility index (Phi) is 4.11. The zero-order valence-corrected chi connectivity index (χ0v) is 12.9. The molecule has 0 saturated heterocycles. The summed E-state index contributed by atoms with van der Waals surface area (Å²) < 4.78 is 7.71. The predicted octanol–water partition coefficient (Wildman–Crippen LogP) is 3.09. The number of nitrogens with zero attached hydrogens (tertiary/aromatic N) is 2. The molecule has 0 spiro atoms. The minimum Gasteiger partial charge on any atom is -0.491 e. The number of aliphatic hydroxyl groups excluding tert-OH is 1. The Balaban J connectivity index is 1.65. The molecule has 114 valence electrons. The Morgan fingerprint density at radius 3 is 2.86 bits per heavy atom. The fraction of sp³-hybridized carbons (Fsp3) is 0.278. The van der Waals surface area contributed by atoms with Gasteiger partial charge >= 0.3 is 0 Å². The predicted molar refractivity (Wildman–Crippen MR) is 87.2 cm³/mol. The Bertz CT molecular complexity index is 780. The molecule has 0 bridgehead atoms. The maximum absolute atomic E-state index is 10.2. The number of hydrogen-bond donors (Lipinski definition) is 1. The van der Waals surface area contributed by atoms with Crippen LogP contribution in [-0.2, 0) is 6.54 Å². The average molecular weight is 296 g/mol. The lowest BCUT2D eigenvalue weighted by atomic mass is 10.1. The van der Waals surface area contributed by atoms with Gasteiger partial charge in [-0.05, 0) is 43.2 Å². The van der Waals surface area contributed by atoms with Crippen LogP contribution in [0.25, 0.3) is 11.0 Å². The minimum absolute atomic E-state index is 0.261. The molecule has 0 saturated carbocycles. The zero-order chi connectivity index (χ0) is 15.5. The second-order valence-corrected chi connectivity index (χ2v) is 5.62. The monoisotopic (exact) mass is 296 g/mol. The number of benzene rings is 2. The van der Waals surface area contributed by atoms with Crippen LogP contribution in [0, 0.1) is 13.8 Å². The number of imidazole rings is 1. The highest BCUT2D eigenvalue weighted by atomic mass is 16.5. The molecule has 3 rings (SSSR count). The number of para-hydroxylation sites is 2. The Hall–Kier alpha value is -2.33. The van der Waals surface area contributed by atoms with Gasteiger partial charge in [0.25, 0.3) is 0 Å². The van der Waals surface area contributed by atoms with E-state index >= 15 is 0 Å². The van der Waals surface area contributed by atoms with E-state index in [-0.39, 0.29) is 6.61 Å². The van der Waals surface area contributed by atoms with E-state index in [0.29, 0.717) is 6.54 Å². The molecule has 4 nitrogen and oxygen atoms in total. The highest BCUT2D eigenvalue weighted by Crippen LogP contribution is 2.19. The first-order valence-electron chi connectivity index (χ1n) is 7.41. The third-order valence-corrected chi connectivity index (χ3v) is 3.71. The number of hydrogen-bond acceptors (Lipinski definition) is 3. The minimum atomic E-state index is -0.586. The van der Waals surface area contributed by atoms with E-state index in [4.69, 9.17) is 4.74 Å². The Labute approximate surface area is 130 Å². The first kappa shape index (κ1) is 14.6. The van der Waals surface area contributed by atoms with E-state index in [2.05, 4.69) is 11.1 Å². The van der Waals surface area contributed by atoms with Gasteiger partial charge in [0.15, 0.2) is 0 Å². The van der Waals surface area contributed by atoms with Gasteiger partial charge in [0.1, 0.15) is 18.5 Å². The fourth-order valence-corrected chi connectivity index (χ4v) is 2.48. The molecule has 1 aromatic heterocycles. The average Bonchev–Trinajstić information content (AvgIpc) is 2.91. The molecule has 1 unspecified atom stereocenters. The summed E-state index contributed by atoms with van der Waals surface area (Å²) in [4.78, 5) is 4.33. The summed E-state index contributed by atoms with van der Waals surface area (Å²) in [5.74, 6) is 0.828. The molecule has 0 radical (unpaired) electrons. The quantitative estimate of drug-likeness (QED) is 0.787. The van der Waals surface area contributed by atoms with E-state index in [1.165, 1.54) is 0 Å². The standard InChI is InChI=1S/C18H20N2O2/c1-13-7-8-14(2)18(9-13)22-11-15(21)10-20-12-19-16-5-3-4-6-17(16)20/h3-9,12,15,21H,10-11H2,1-2H3. The van der Waals surface area contributed by atoms with Crippen molar-refractivity contribution in [2.75, 3.05) is 6.61 Å². The van der Waals surface area contributed by atoms with Gasteiger partial charge in [0.2, 0.25) is 0 Å². The van der Waals surface area contributed by atoms with E-state index in [1.807, 2.05) is 54.8 Å². The molecule has 0 fully saturated rings. The summed E-state index contributed by atoms with van der Waals surface area (Å²) >= 11 is 0. The molecule has 0 amide bonds. The SMILES string of the molecule is Cc1ccc(C)c(OCC(O)Cn2cnc3ccccc32)c1. The molecule has 1 atom stereocenters. The van der Waals surface area contributed by atoms with Crippen LogP contribution < -0.4 is 4.74 Å². The lowest BCUT2D eigenvalue weighted by Gasteiger charge is -2.15. The van der Waals surface area contributed by atoms with Crippen molar-refractivity contribution in [2.45, 2.75) is 26.5 Å². The lowest BCUT2D eigenvalue weighted by Crippen LogP contribution is -2.23. The van der Waals surface area contributed by atoms with E-state index in [1.54, 1.807) is 6.33 Å². The zero-order valence-electron chi connectivity index (χ0n) is 12.9. The molecule has 0 aliphatic carbocycles. The van der Waals surface area contributed by atoms with Crippen LogP contribution in [0.3, 0.4) is 0 Å². The summed E-state index contributed by atoms with van der Waals surface area (Å²) in [5.41, 5.74) is 4.18. The van der Waals surface area contributed by atoms with Crippen LogP contribution in [0.15, 0.2) is 48.8 Å². The maximum Gasteiger partial charge on any atom is 0.122 e. The molecule has 0 aliphatic heterocycles. The van der Waals surface area contributed by atoms with E-state index in [0.717, 1.165) is 27.9 Å². The molecule has 3 aromatic rings. The van der Waals surface area contributed by atoms with Crippen molar-refractivity contribution >= 4 is 11.0 Å². The molecule has 22 heavy (non-hydrogen) atoms. The largest absolute Gasteiger partial charge is 0.491 e. The molecule has 2 aromatic carbocycles. The van der Waals surface area contributed by atoms with Crippen LogP contribution in [0.4, 0.5) is 0 Å². The topological polar surface area (TPSA) is 47.3 Å². The second kappa shape index (κ2) is 6.20. The number of aromatic nitrogens is 2. The Morgan fingerprint density at radius 1 is 1.18 bits per heavy atom. The number of rotatable bonds is 5. The molecule has 1 heterocycles. The molecular formula is C18H20N2O2. The first-order valence-corrected chi connectivity index (χ1v) is 7.41. The smallest absolute Gasteiger partial charge is 0.122 e. The third kappa shape index (κ3) is 3.12. The summed E-state index contributed by atoms with van der Waals surface area (Å²) in [5, 5.41) is 10.2. The Morgan fingerprint density at radius 2 is 2.00 bits per heavy atom. The van der Waals surface area contributed by atoms with Crippen molar-refractivity contribution in [2.24, 2.45) is 0 Å². The third-order valence-electron chi connectivity index (χ3n) is 3.71. The number of fused-ring (bicyclic) bond motifs is 1. The van der Waals surface area contributed by atoms with Crippen molar-refractivity contribution in [1.29, 1.82) is 0 Å².